The topological polar surface area (TPSA) is 81.1 Å². The standard InChI is InChI=1S/C13H18N6.HI/c1-10(2)18-13(14)17-8-11-3-4-16-12(7-11)19-6-5-15-9-19;/h3-7,9-10H,8H2,1-2H3,(H3,14,17,18);1H. The van der Waals surface area contributed by atoms with Crippen molar-refractivity contribution >= 4 is 29.9 Å². The summed E-state index contributed by atoms with van der Waals surface area (Å²) in [6.07, 6.45) is 7.04. The number of halogens is 1. The molecule has 6 nitrogen and oxygen atoms in total. The second-order valence-electron chi connectivity index (χ2n) is 4.49. The van der Waals surface area contributed by atoms with Crippen LogP contribution in [0.25, 0.3) is 5.82 Å². The zero-order valence-electron chi connectivity index (χ0n) is 11.5. The number of nitrogens with two attached hydrogens (primary N) is 1. The summed E-state index contributed by atoms with van der Waals surface area (Å²) in [5, 5.41) is 3.05. The van der Waals surface area contributed by atoms with Crippen molar-refractivity contribution in [1.82, 2.24) is 19.9 Å². The molecule has 7 heteroatoms. The van der Waals surface area contributed by atoms with E-state index < -0.39 is 0 Å². The van der Waals surface area contributed by atoms with E-state index in [2.05, 4.69) is 20.3 Å². The van der Waals surface area contributed by atoms with Crippen LogP contribution in [0, 0.1) is 0 Å². The monoisotopic (exact) mass is 386 g/mol. The molecule has 0 aromatic carbocycles. The van der Waals surface area contributed by atoms with Crippen LogP contribution in [0.4, 0.5) is 0 Å². The van der Waals surface area contributed by atoms with Gasteiger partial charge in [-0.2, -0.15) is 0 Å². The van der Waals surface area contributed by atoms with Crippen molar-refractivity contribution in [3.8, 4) is 5.82 Å². The van der Waals surface area contributed by atoms with Crippen molar-refractivity contribution in [3.63, 3.8) is 0 Å². The van der Waals surface area contributed by atoms with E-state index in [-0.39, 0.29) is 30.0 Å². The highest BCUT2D eigenvalue weighted by atomic mass is 127. The molecule has 0 radical (unpaired) electrons. The maximum atomic E-state index is 5.76. The van der Waals surface area contributed by atoms with Crippen LogP contribution in [0.15, 0.2) is 42.0 Å². The van der Waals surface area contributed by atoms with E-state index in [1.54, 1.807) is 18.7 Å². The van der Waals surface area contributed by atoms with Gasteiger partial charge in [-0.05, 0) is 31.5 Å². The molecule has 0 fully saturated rings. The Bertz CT molecular complexity index is 550. The van der Waals surface area contributed by atoms with E-state index in [1.807, 2.05) is 36.7 Å². The maximum absolute atomic E-state index is 5.76. The SMILES string of the molecule is CC(C)NC(N)=NCc1ccnc(-n2ccnc2)c1.I. The van der Waals surface area contributed by atoms with E-state index in [4.69, 9.17) is 5.73 Å². The minimum atomic E-state index is 0. The molecule has 0 aliphatic carbocycles. The number of pyridine rings is 1. The summed E-state index contributed by atoms with van der Waals surface area (Å²) in [6.45, 7) is 4.56. The Kier molecular flexibility index (Phi) is 6.43. The molecule has 2 aromatic rings. The Hall–Kier alpha value is -1.64. The first-order valence-corrected chi connectivity index (χ1v) is 6.15. The Balaban J connectivity index is 0.00000200. The normalized spacial score (nSPS) is 11.2. The summed E-state index contributed by atoms with van der Waals surface area (Å²) < 4.78 is 1.85. The van der Waals surface area contributed by atoms with Crippen LogP contribution in [-0.4, -0.2) is 26.5 Å². The van der Waals surface area contributed by atoms with Gasteiger partial charge in [-0.25, -0.2) is 15.0 Å². The number of nitrogens with zero attached hydrogens (tertiary/aromatic N) is 4. The van der Waals surface area contributed by atoms with Gasteiger partial charge in [0.05, 0.1) is 6.54 Å². The van der Waals surface area contributed by atoms with Crippen molar-refractivity contribution in [2.24, 2.45) is 10.7 Å². The van der Waals surface area contributed by atoms with Crippen molar-refractivity contribution in [2.75, 3.05) is 0 Å². The van der Waals surface area contributed by atoms with Gasteiger partial charge in [0.1, 0.15) is 12.1 Å². The van der Waals surface area contributed by atoms with Crippen molar-refractivity contribution in [1.29, 1.82) is 0 Å². The van der Waals surface area contributed by atoms with Crippen LogP contribution in [0.3, 0.4) is 0 Å². The molecule has 2 heterocycles. The largest absolute Gasteiger partial charge is 0.370 e. The fraction of sp³-hybridized carbons (Fsp3) is 0.308. The molecule has 0 aliphatic heterocycles. The number of rotatable bonds is 4. The molecular weight excluding hydrogens is 367 g/mol. The first-order valence-electron chi connectivity index (χ1n) is 6.15. The first kappa shape index (κ1) is 16.4. The van der Waals surface area contributed by atoms with Crippen molar-refractivity contribution in [3.05, 3.63) is 42.6 Å². The van der Waals surface area contributed by atoms with Crippen molar-refractivity contribution < 1.29 is 0 Å². The molecule has 3 N–H and O–H groups in total. The third-order valence-electron chi connectivity index (χ3n) is 2.45. The Morgan fingerprint density at radius 3 is 2.90 bits per heavy atom. The highest BCUT2D eigenvalue weighted by Gasteiger charge is 2.00. The fourth-order valence-corrected chi connectivity index (χ4v) is 1.61. The van der Waals surface area contributed by atoms with Gasteiger partial charge in [-0.1, -0.05) is 0 Å². The summed E-state index contributed by atoms with van der Waals surface area (Å²) in [4.78, 5) is 12.6. The van der Waals surface area contributed by atoms with Crippen LogP contribution in [0.2, 0.25) is 0 Å². The van der Waals surface area contributed by atoms with E-state index in [9.17, 15) is 0 Å². The molecule has 0 unspecified atom stereocenters. The lowest BCUT2D eigenvalue weighted by molar-refractivity contribution is 0.723. The predicted octanol–water partition coefficient (Wildman–Crippen LogP) is 1.70. The molecule has 2 aromatic heterocycles. The Labute approximate surface area is 135 Å². The van der Waals surface area contributed by atoms with Gasteiger partial charge in [0.2, 0.25) is 0 Å². The first-order chi connectivity index (χ1) is 9.15. The summed E-state index contributed by atoms with van der Waals surface area (Å²) in [5.74, 6) is 1.27. The average Bonchev–Trinajstić information content (AvgIpc) is 2.90. The molecule has 0 saturated carbocycles. The number of imidazole rings is 1. The summed E-state index contributed by atoms with van der Waals surface area (Å²) in [6, 6.07) is 4.17. The van der Waals surface area contributed by atoms with Crippen molar-refractivity contribution in [2.45, 2.75) is 26.4 Å². The van der Waals surface area contributed by atoms with E-state index in [0.29, 0.717) is 12.5 Å². The molecular formula is C13H19IN6. The summed E-state index contributed by atoms with van der Waals surface area (Å²) in [5.41, 5.74) is 6.81. The van der Waals surface area contributed by atoms with Crippen LogP contribution in [-0.2, 0) is 6.54 Å². The minimum Gasteiger partial charge on any atom is -0.370 e. The quantitative estimate of drug-likeness (QED) is 0.476. The molecule has 0 amide bonds. The van der Waals surface area contributed by atoms with Crippen LogP contribution in [0.5, 0.6) is 0 Å². The molecule has 108 valence electrons. The second kappa shape index (κ2) is 7.83. The molecule has 0 atom stereocenters. The number of aliphatic imine (C=N–C) groups is 1. The average molecular weight is 386 g/mol. The highest BCUT2D eigenvalue weighted by Crippen LogP contribution is 2.07. The van der Waals surface area contributed by atoms with E-state index in [1.165, 1.54) is 0 Å². The lowest BCUT2D eigenvalue weighted by Gasteiger charge is -2.08. The molecule has 20 heavy (non-hydrogen) atoms. The lowest BCUT2D eigenvalue weighted by atomic mass is 10.2. The number of aromatic nitrogens is 3. The zero-order valence-corrected chi connectivity index (χ0v) is 13.9. The van der Waals surface area contributed by atoms with Gasteiger partial charge < -0.3 is 11.1 Å². The minimum absolute atomic E-state index is 0. The van der Waals surface area contributed by atoms with Crippen LogP contribution < -0.4 is 11.1 Å². The van der Waals surface area contributed by atoms with E-state index >= 15 is 0 Å². The lowest BCUT2D eigenvalue weighted by Crippen LogP contribution is -2.36. The number of hydrogen-bond donors (Lipinski definition) is 2. The Morgan fingerprint density at radius 2 is 2.25 bits per heavy atom. The number of hydrogen-bond acceptors (Lipinski definition) is 3. The smallest absolute Gasteiger partial charge is 0.189 e. The Morgan fingerprint density at radius 1 is 1.45 bits per heavy atom. The van der Waals surface area contributed by atoms with Crippen LogP contribution in [0.1, 0.15) is 19.4 Å². The molecule has 2 rings (SSSR count). The van der Waals surface area contributed by atoms with Gasteiger partial charge in [0.15, 0.2) is 5.96 Å². The third kappa shape index (κ3) is 4.80. The predicted molar refractivity (Wildman–Crippen MR) is 90.4 cm³/mol. The number of nitrogens with one attached hydrogen (secondary N) is 1. The maximum Gasteiger partial charge on any atom is 0.189 e. The third-order valence-corrected chi connectivity index (χ3v) is 2.45. The van der Waals surface area contributed by atoms with Crippen LogP contribution >= 0.6 is 24.0 Å². The summed E-state index contributed by atoms with van der Waals surface area (Å²) >= 11 is 0. The highest BCUT2D eigenvalue weighted by molar-refractivity contribution is 14.0. The van der Waals surface area contributed by atoms with Gasteiger partial charge in [0, 0.05) is 24.6 Å². The molecule has 0 spiro atoms. The van der Waals surface area contributed by atoms with Gasteiger partial charge in [-0.15, -0.1) is 24.0 Å². The molecule has 0 bridgehead atoms. The fourth-order valence-electron chi connectivity index (χ4n) is 1.61. The van der Waals surface area contributed by atoms with E-state index in [0.717, 1.165) is 11.4 Å². The second-order valence-corrected chi connectivity index (χ2v) is 4.49. The number of guanidine groups is 1. The van der Waals surface area contributed by atoms with Gasteiger partial charge >= 0.3 is 0 Å². The molecule has 0 saturated heterocycles. The molecule has 0 aliphatic rings. The van der Waals surface area contributed by atoms with Gasteiger partial charge in [0.25, 0.3) is 0 Å². The zero-order chi connectivity index (χ0) is 13.7. The van der Waals surface area contributed by atoms with Gasteiger partial charge in [-0.3, -0.25) is 4.57 Å². The summed E-state index contributed by atoms with van der Waals surface area (Å²) in [7, 11) is 0.